The molecule has 4 aromatic rings. The maximum Gasteiger partial charge on any atom is 0.256 e. The number of aromatic nitrogens is 4. The third-order valence-electron chi connectivity index (χ3n) is 4.64. The molecule has 0 radical (unpaired) electrons. The fourth-order valence-electron chi connectivity index (χ4n) is 3.26. The summed E-state index contributed by atoms with van der Waals surface area (Å²) in [6.07, 6.45) is 0. The summed E-state index contributed by atoms with van der Waals surface area (Å²) < 4.78 is 25.6. The van der Waals surface area contributed by atoms with Crippen LogP contribution in [0.25, 0.3) is 16.9 Å². The Labute approximate surface area is 168 Å². The third-order valence-corrected chi connectivity index (χ3v) is 5.61. The topological polar surface area (TPSA) is 116 Å². The summed E-state index contributed by atoms with van der Waals surface area (Å²) in [5, 5.41) is 17.6. The highest BCUT2D eigenvalue weighted by atomic mass is 32.2. The highest BCUT2D eigenvalue weighted by molar-refractivity contribution is 7.89. The molecular weight excluding hydrogens is 388 g/mol. The number of hydrogen-bond donors (Lipinski definition) is 2. The standard InChI is InChI=1S/C20H20N6O2S/c1-13-11-16-17(9-6-10-18(16)29(21,27)28)26(13)20-23-19(14(2)24-25-20)22-12-15-7-4-3-5-8-15/h3-11H,12H2,1-2H3,(H2,21,27,28)(H,22,23,25). The first-order valence-corrected chi connectivity index (χ1v) is 10.5. The van der Waals surface area contributed by atoms with Crippen molar-refractivity contribution in [2.45, 2.75) is 25.3 Å². The van der Waals surface area contributed by atoms with Gasteiger partial charge in [0.2, 0.25) is 10.0 Å². The molecule has 0 amide bonds. The number of nitrogens with two attached hydrogens (primary N) is 1. The van der Waals surface area contributed by atoms with E-state index in [1.807, 2.05) is 44.2 Å². The number of anilines is 1. The molecule has 9 heteroatoms. The zero-order valence-corrected chi connectivity index (χ0v) is 16.8. The highest BCUT2D eigenvalue weighted by Crippen LogP contribution is 2.28. The van der Waals surface area contributed by atoms with Crippen LogP contribution < -0.4 is 10.5 Å². The van der Waals surface area contributed by atoms with Crippen LogP contribution in [0.2, 0.25) is 0 Å². The molecule has 4 rings (SSSR count). The Kier molecular flexibility index (Phi) is 4.77. The third kappa shape index (κ3) is 3.69. The number of nitrogens with one attached hydrogen (secondary N) is 1. The van der Waals surface area contributed by atoms with Gasteiger partial charge in [-0.1, -0.05) is 36.4 Å². The molecule has 0 aliphatic rings. The van der Waals surface area contributed by atoms with E-state index in [0.29, 0.717) is 34.9 Å². The zero-order chi connectivity index (χ0) is 20.6. The summed E-state index contributed by atoms with van der Waals surface area (Å²) >= 11 is 0. The SMILES string of the molecule is Cc1nnc(-n2c(C)cc3c(S(N)(=O)=O)cccc32)nc1NCc1ccccc1. The van der Waals surface area contributed by atoms with Crippen molar-refractivity contribution in [1.29, 1.82) is 0 Å². The van der Waals surface area contributed by atoms with Crippen molar-refractivity contribution in [1.82, 2.24) is 19.7 Å². The van der Waals surface area contributed by atoms with Gasteiger partial charge in [0, 0.05) is 17.6 Å². The first-order valence-electron chi connectivity index (χ1n) is 8.98. The van der Waals surface area contributed by atoms with E-state index in [4.69, 9.17) is 5.14 Å². The van der Waals surface area contributed by atoms with Crippen LogP contribution in [0.5, 0.6) is 0 Å². The number of rotatable bonds is 5. The second-order valence-electron chi connectivity index (χ2n) is 6.74. The lowest BCUT2D eigenvalue weighted by Crippen LogP contribution is -2.13. The molecule has 0 saturated carbocycles. The minimum absolute atomic E-state index is 0.0688. The van der Waals surface area contributed by atoms with Gasteiger partial charge >= 0.3 is 0 Å². The fourth-order valence-corrected chi connectivity index (χ4v) is 4.00. The van der Waals surface area contributed by atoms with E-state index < -0.39 is 10.0 Å². The molecule has 3 N–H and O–H groups in total. The smallest absolute Gasteiger partial charge is 0.256 e. The van der Waals surface area contributed by atoms with Crippen LogP contribution in [0, 0.1) is 13.8 Å². The van der Waals surface area contributed by atoms with E-state index in [1.165, 1.54) is 6.07 Å². The van der Waals surface area contributed by atoms with Gasteiger partial charge in [0.15, 0.2) is 5.82 Å². The Bertz CT molecular complexity index is 1300. The lowest BCUT2D eigenvalue weighted by atomic mass is 10.2. The van der Waals surface area contributed by atoms with Gasteiger partial charge in [-0.05, 0) is 37.6 Å². The predicted octanol–water partition coefficient (Wildman–Crippen LogP) is 2.69. The molecule has 0 unspecified atom stereocenters. The fraction of sp³-hybridized carbons (Fsp3) is 0.150. The number of aryl methyl sites for hydroxylation is 2. The Morgan fingerprint density at radius 3 is 2.52 bits per heavy atom. The van der Waals surface area contributed by atoms with Crippen LogP contribution in [0.3, 0.4) is 0 Å². The maximum absolute atomic E-state index is 11.9. The van der Waals surface area contributed by atoms with Crippen LogP contribution in [0.1, 0.15) is 17.0 Å². The normalized spacial score (nSPS) is 11.7. The monoisotopic (exact) mass is 408 g/mol. The zero-order valence-electron chi connectivity index (χ0n) is 16.0. The largest absolute Gasteiger partial charge is 0.364 e. The molecule has 2 heterocycles. The molecule has 0 aliphatic carbocycles. The molecule has 148 valence electrons. The first kappa shape index (κ1) is 19.0. The van der Waals surface area contributed by atoms with Gasteiger partial charge in [-0.2, -0.15) is 4.98 Å². The van der Waals surface area contributed by atoms with Crippen LogP contribution in [-0.2, 0) is 16.6 Å². The van der Waals surface area contributed by atoms with E-state index in [2.05, 4.69) is 20.5 Å². The number of benzene rings is 2. The number of nitrogens with zero attached hydrogens (tertiary/aromatic N) is 4. The Morgan fingerprint density at radius 1 is 1.03 bits per heavy atom. The van der Waals surface area contributed by atoms with Crippen LogP contribution in [0.15, 0.2) is 59.5 Å². The van der Waals surface area contributed by atoms with Crippen molar-refractivity contribution >= 4 is 26.7 Å². The summed E-state index contributed by atoms with van der Waals surface area (Å²) in [6, 6.07) is 16.7. The molecule has 0 atom stereocenters. The molecular formula is C20H20N6O2S. The quantitative estimate of drug-likeness (QED) is 0.524. The van der Waals surface area contributed by atoms with Crippen molar-refractivity contribution in [3.63, 3.8) is 0 Å². The van der Waals surface area contributed by atoms with E-state index in [0.717, 1.165) is 11.3 Å². The van der Waals surface area contributed by atoms with E-state index >= 15 is 0 Å². The summed E-state index contributed by atoms with van der Waals surface area (Å²) in [6.45, 7) is 4.28. The molecule has 0 aliphatic heterocycles. The van der Waals surface area contributed by atoms with Gasteiger partial charge < -0.3 is 5.32 Å². The summed E-state index contributed by atoms with van der Waals surface area (Å²) in [5.74, 6) is 0.966. The van der Waals surface area contributed by atoms with Crippen LogP contribution >= 0.6 is 0 Å². The highest BCUT2D eigenvalue weighted by Gasteiger charge is 2.18. The molecule has 29 heavy (non-hydrogen) atoms. The number of fused-ring (bicyclic) bond motifs is 1. The summed E-state index contributed by atoms with van der Waals surface area (Å²) in [5.41, 5.74) is 3.21. The second kappa shape index (κ2) is 7.26. The van der Waals surface area contributed by atoms with Gasteiger partial charge in [-0.3, -0.25) is 4.57 Å². The molecule has 0 spiro atoms. The Balaban J connectivity index is 1.77. The van der Waals surface area contributed by atoms with Gasteiger partial charge in [-0.25, -0.2) is 13.6 Å². The predicted molar refractivity (Wildman–Crippen MR) is 111 cm³/mol. The lowest BCUT2D eigenvalue weighted by molar-refractivity contribution is 0.598. The Hall–Kier alpha value is -3.30. The van der Waals surface area contributed by atoms with Crippen molar-refractivity contribution in [3.8, 4) is 5.95 Å². The van der Waals surface area contributed by atoms with Crippen molar-refractivity contribution in [3.05, 3.63) is 71.5 Å². The van der Waals surface area contributed by atoms with Crippen LogP contribution in [0.4, 0.5) is 5.82 Å². The maximum atomic E-state index is 11.9. The molecule has 0 saturated heterocycles. The average molecular weight is 408 g/mol. The summed E-state index contributed by atoms with van der Waals surface area (Å²) in [7, 11) is -3.85. The van der Waals surface area contributed by atoms with E-state index in [9.17, 15) is 8.42 Å². The van der Waals surface area contributed by atoms with Crippen LogP contribution in [-0.4, -0.2) is 28.2 Å². The Morgan fingerprint density at radius 2 is 1.79 bits per heavy atom. The van der Waals surface area contributed by atoms with Crippen molar-refractivity contribution in [2.75, 3.05) is 5.32 Å². The first-order chi connectivity index (χ1) is 13.8. The average Bonchev–Trinajstić information content (AvgIpc) is 3.03. The van der Waals surface area contributed by atoms with E-state index in [1.54, 1.807) is 22.8 Å². The van der Waals surface area contributed by atoms with Crippen molar-refractivity contribution in [2.24, 2.45) is 5.14 Å². The summed E-state index contributed by atoms with van der Waals surface area (Å²) in [4.78, 5) is 4.70. The molecule has 2 aromatic carbocycles. The van der Waals surface area contributed by atoms with Gasteiger partial charge in [-0.15, -0.1) is 10.2 Å². The lowest BCUT2D eigenvalue weighted by Gasteiger charge is -2.11. The number of sulfonamides is 1. The number of primary sulfonamides is 1. The second-order valence-corrected chi connectivity index (χ2v) is 8.27. The molecule has 2 aromatic heterocycles. The molecule has 0 fully saturated rings. The van der Waals surface area contributed by atoms with Gasteiger partial charge in [0.05, 0.1) is 10.4 Å². The molecule has 0 bridgehead atoms. The molecule has 8 nitrogen and oxygen atoms in total. The van der Waals surface area contributed by atoms with Crippen molar-refractivity contribution < 1.29 is 8.42 Å². The minimum atomic E-state index is -3.85. The van der Waals surface area contributed by atoms with Gasteiger partial charge in [0.1, 0.15) is 5.69 Å². The van der Waals surface area contributed by atoms with Gasteiger partial charge in [0.25, 0.3) is 5.95 Å². The number of hydrogen-bond acceptors (Lipinski definition) is 6. The van der Waals surface area contributed by atoms with E-state index in [-0.39, 0.29) is 4.90 Å². The minimum Gasteiger partial charge on any atom is -0.364 e.